The molecule has 5 heteroatoms. The summed E-state index contributed by atoms with van der Waals surface area (Å²) in [6.45, 7) is 7.72. The molecule has 0 aliphatic rings. The van der Waals surface area contributed by atoms with Crippen LogP contribution in [0.1, 0.15) is 27.8 Å². The Morgan fingerprint density at radius 2 is 1.16 bits per heavy atom. The summed E-state index contributed by atoms with van der Waals surface area (Å²) < 4.78 is 13.3. The number of rotatable bonds is 5. The van der Waals surface area contributed by atoms with Crippen LogP contribution in [0.5, 0.6) is 0 Å². The number of carbonyl (C=O) groups excluding carboxylic acids is 2. The summed E-state index contributed by atoms with van der Waals surface area (Å²) >= 11 is 0. The molecule has 0 aliphatic heterocycles. The molecule has 0 heterocycles. The number of benzene rings is 3. The van der Waals surface area contributed by atoms with Gasteiger partial charge in [0.05, 0.1) is 0 Å². The van der Waals surface area contributed by atoms with Gasteiger partial charge in [-0.05, 0) is 74.7 Å². The maximum Gasteiger partial charge on any atom is 0.261 e. The maximum absolute atomic E-state index is 13.3. The number of nitrogens with one attached hydrogen (secondary N) is 2. The average molecular weight is 416 g/mol. The summed E-state index contributed by atoms with van der Waals surface area (Å²) in [6.07, 6.45) is 1.46. The van der Waals surface area contributed by atoms with E-state index in [1.54, 1.807) is 12.1 Å². The Balaban J connectivity index is 1.94. The van der Waals surface area contributed by atoms with Gasteiger partial charge in [0.1, 0.15) is 11.4 Å². The van der Waals surface area contributed by atoms with E-state index >= 15 is 0 Å². The number of anilines is 2. The lowest BCUT2D eigenvalue weighted by Gasteiger charge is -2.14. The summed E-state index contributed by atoms with van der Waals surface area (Å²) in [7, 11) is 0. The first kappa shape index (κ1) is 22.0. The van der Waals surface area contributed by atoms with Crippen molar-refractivity contribution in [3.05, 3.63) is 99.9 Å². The first-order valence-corrected chi connectivity index (χ1v) is 9.97. The van der Waals surface area contributed by atoms with Crippen molar-refractivity contribution in [1.29, 1.82) is 0 Å². The zero-order chi connectivity index (χ0) is 22.5. The van der Waals surface area contributed by atoms with E-state index in [9.17, 15) is 14.0 Å². The van der Waals surface area contributed by atoms with E-state index in [-0.39, 0.29) is 5.57 Å². The second-order valence-electron chi connectivity index (χ2n) is 7.65. The van der Waals surface area contributed by atoms with Gasteiger partial charge in [-0.1, -0.05) is 47.5 Å². The fraction of sp³-hybridized carbons (Fsp3) is 0.154. The highest BCUT2D eigenvalue weighted by molar-refractivity contribution is 6.29. The largest absolute Gasteiger partial charge is 0.322 e. The number of hydrogen-bond acceptors (Lipinski definition) is 2. The predicted molar refractivity (Wildman–Crippen MR) is 123 cm³/mol. The number of amides is 2. The molecule has 2 amide bonds. The highest BCUT2D eigenvalue weighted by Crippen LogP contribution is 2.20. The SMILES string of the molecule is Cc1ccc(NC(=O)C(=Cc2ccc(F)cc2)C(=O)Nc2ccc(C)cc2C)c(C)c1. The number of carbonyl (C=O) groups is 2. The van der Waals surface area contributed by atoms with Crippen molar-refractivity contribution in [1.82, 2.24) is 0 Å². The second-order valence-corrected chi connectivity index (χ2v) is 7.65. The Kier molecular flexibility index (Phi) is 6.65. The van der Waals surface area contributed by atoms with Crippen molar-refractivity contribution in [3.8, 4) is 0 Å². The van der Waals surface area contributed by atoms with E-state index in [2.05, 4.69) is 10.6 Å². The zero-order valence-electron chi connectivity index (χ0n) is 18.0. The normalized spacial score (nSPS) is 10.4. The number of halogens is 1. The summed E-state index contributed by atoms with van der Waals surface area (Å²) in [5, 5.41) is 5.63. The molecule has 0 bridgehead atoms. The van der Waals surface area contributed by atoms with Crippen LogP contribution in [0.4, 0.5) is 15.8 Å². The van der Waals surface area contributed by atoms with Crippen LogP contribution in [0.2, 0.25) is 0 Å². The van der Waals surface area contributed by atoms with Crippen molar-refractivity contribution in [2.45, 2.75) is 27.7 Å². The van der Waals surface area contributed by atoms with Crippen molar-refractivity contribution in [2.24, 2.45) is 0 Å². The third-order valence-electron chi connectivity index (χ3n) is 4.93. The summed E-state index contributed by atoms with van der Waals surface area (Å²) in [5.41, 5.74) is 5.65. The minimum Gasteiger partial charge on any atom is -0.322 e. The molecule has 158 valence electrons. The van der Waals surface area contributed by atoms with Crippen LogP contribution in [-0.4, -0.2) is 11.8 Å². The number of aryl methyl sites for hydroxylation is 4. The first-order valence-electron chi connectivity index (χ1n) is 9.97. The van der Waals surface area contributed by atoms with Crippen molar-refractivity contribution < 1.29 is 14.0 Å². The highest BCUT2D eigenvalue weighted by atomic mass is 19.1. The molecule has 3 rings (SSSR count). The van der Waals surface area contributed by atoms with Gasteiger partial charge in [-0.2, -0.15) is 0 Å². The van der Waals surface area contributed by atoms with Crippen LogP contribution in [-0.2, 0) is 9.59 Å². The minimum atomic E-state index is -0.543. The molecule has 0 saturated heterocycles. The fourth-order valence-electron chi connectivity index (χ4n) is 3.25. The molecule has 0 spiro atoms. The van der Waals surface area contributed by atoms with E-state index in [4.69, 9.17) is 0 Å². The van der Waals surface area contributed by atoms with Gasteiger partial charge in [-0.25, -0.2) is 4.39 Å². The quantitative estimate of drug-likeness (QED) is 0.317. The minimum absolute atomic E-state index is 0.0773. The van der Waals surface area contributed by atoms with E-state index in [0.717, 1.165) is 22.3 Å². The van der Waals surface area contributed by atoms with E-state index in [1.807, 2.05) is 52.0 Å². The molecule has 0 atom stereocenters. The van der Waals surface area contributed by atoms with E-state index in [1.165, 1.54) is 30.3 Å². The standard InChI is InChI=1S/C26H25FN2O2/c1-16-5-11-23(18(3)13-16)28-25(30)22(15-20-7-9-21(27)10-8-20)26(31)29-24-12-6-17(2)14-19(24)4/h5-15H,1-4H3,(H,28,30)(H,29,31). The highest BCUT2D eigenvalue weighted by Gasteiger charge is 2.20. The van der Waals surface area contributed by atoms with Gasteiger partial charge in [0.15, 0.2) is 0 Å². The molecule has 0 radical (unpaired) electrons. The molecule has 0 saturated carbocycles. The molecule has 0 aromatic heterocycles. The van der Waals surface area contributed by atoms with Crippen molar-refractivity contribution in [3.63, 3.8) is 0 Å². The molecule has 0 aliphatic carbocycles. The fourth-order valence-corrected chi connectivity index (χ4v) is 3.25. The molecule has 4 nitrogen and oxygen atoms in total. The summed E-state index contributed by atoms with van der Waals surface area (Å²) in [4.78, 5) is 26.2. The third-order valence-corrected chi connectivity index (χ3v) is 4.93. The van der Waals surface area contributed by atoms with E-state index < -0.39 is 17.6 Å². The third kappa shape index (κ3) is 5.66. The van der Waals surface area contributed by atoms with Crippen molar-refractivity contribution in [2.75, 3.05) is 10.6 Å². The Hall–Kier alpha value is -3.73. The van der Waals surface area contributed by atoms with Crippen LogP contribution in [0.15, 0.2) is 66.2 Å². The molecule has 2 N–H and O–H groups in total. The van der Waals surface area contributed by atoms with Crippen molar-refractivity contribution >= 4 is 29.3 Å². The van der Waals surface area contributed by atoms with E-state index in [0.29, 0.717) is 16.9 Å². The molecule has 0 fully saturated rings. The van der Waals surface area contributed by atoms with Crippen LogP contribution in [0.3, 0.4) is 0 Å². The smallest absolute Gasteiger partial charge is 0.261 e. The second kappa shape index (κ2) is 9.39. The zero-order valence-corrected chi connectivity index (χ0v) is 18.0. The van der Waals surface area contributed by atoms with Gasteiger partial charge < -0.3 is 10.6 Å². The van der Waals surface area contributed by atoms with Crippen LogP contribution >= 0.6 is 0 Å². The van der Waals surface area contributed by atoms with Crippen LogP contribution in [0.25, 0.3) is 6.08 Å². The Bertz CT molecular complexity index is 1100. The molecule has 31 heavy (non-hydrogen) atoms. The van der Waals surface area contributed by atoms with Crippen LogP contribution in [0, 0.1) is 33.5 Å². The van der Waals surface area contributed by atoms with Gasteiger partial charge >= 0.3 is 0 Å². The molecule has 3 aromatic rings. The monoisotopic (exact) mass is 416 g/mol. The summed E-state index contributed by atoms with van der Waals surface area (Å²) in [6, 6.07) is 16.9. The van der Waals surface area contributed by atoms with Gasteiger partial charge in [0, 0.05) is 11.4 Å². The van der Waals surface area contributed by atoms with Gasteiger partial charge in [-0.3, -0.25) is 9.59 Å². The molecular formula is C26H25FN2O2. The van der Waals surface area contributed by atoms with Crippen LogP contribution < -0.4 is 10.6 Å². The van der Waals surface area contributed by atoms with Gasteiger partial charge in [0.25, 0.3) is 11.8 Å². The van der Waals surface area contributed by atoms with Gasteiger partial charge in [-0.15, -0.1) is 0 Å². The Labute approximate surface area is 181 Å². The number of hydrogen-bond donors (Lipinski definition) is 2. The topological polar surface area (TPSA) is 58.2 Å². The lowest BCUT2D eigenvalue weighted by molar-refractivity contribution is -0.118. The summed E-state index contributed by atoms with van der Waals surface area (Å²) in [5.74, 6) is -1.48. The molecular weight excluding hydrogens is 391 g/mol. The first-order chi connectivity index (χ1) is 14.7. The lowest BCUT2D eigenvalue weighted by Crippen LogP contribution is -2.26. The Morgan fingerprint density at radius 1 is 0.710 bits per heavy atom. The average Bonchev–Trinajstić information content (AvgIpc) is 2.71. The predicted octanol–water partition coefficient (Wildman–Crippen LogP) is 5.72. The maximum atomic E-state index is 13.3. The molecule has 3 aromatic carbocycles. The van der Waals surface area contributed by atoms with Gasteiger partial charge in [0.2, 0.25) is 0 Å². The molecule has 0 unspecified atom stereocenters. The lowest BCUT2D eigenvalue weighted by atomic mass is 10.1. The Morgan fingerprint density at radius 3 is 1.58 bits per heavy atom.